The van der Waals surface area contributed by atoms with Crippen molar-refractivity contribution in [3.63, 3.8) is 0 Å². The Bertz CT molecular complexity index is 462. The Balaban J connectivity index is 2.11. The van der Waals surface area contributed by atoms with Gasteiger partial charge >= 0.3 is 5.97 Å². The second kappa shape index (κ2) is 7.04. The first kappa shape index (κ1) is 16.7. The summed E-state index contributed by atoms with van der Waals surface area (Å²) in [5, 5.41) is 3.23. The smallest absolute Gasteiger partial charge is 0.324 e. The van der Waals surface area contributed by atoms with Gasteiger partial charge in [0.1, 0.15) is 6.04 Å². The molecular formula is C13H25N3O4S. The van der Waals surface area contributed by atoms with E-state index in [1.165, 1.54) is 8.61 Å². The van der Waals surface area contributed by atoms with Crippen molar-refractivity contribution >= 4 is 16.2 Å². The van der Waals surface area contributed by atoms with E-state index in [0.29, 0.717) is 19.4 Å². The molecule has 2 aliphatic rings. The highest BCUT2D eigenvalue weighted by Gasteiger charge is 2.43. The van der Waals surface area contributed by atoms with Gasteiger partial charge in [-0.25, -0.2) is 0 Å². The number of esters is 1. The Morgan fingerprint density at radius 2 is 2.00 bits per heavy atom. The highest BCUT2D eigenvalue weighted by molar-refractivity contribution is 7.86. The summed E-state index contributed by atoms with van der Waals surface area (Å²) in [5.41, 5.74) is 0. The van der Waals surface area contributed by atoms with E-state index in [2.05, 4.69) is 5.32 Å². The molecule has 8 heteroatoms. The summed E-state index contributed by atoms with van der Waals surface area (Å²) in [6.07, 6.45) is 2.84. The van der Waals surface area contributed by atoms with Gasteiger partial charge in [0.2, 0.25) is 0 Å². The third kappa shape index (κ3) is 3.56. The van der Waals surface area contributed by atoms with Crippen LogP contribution in [0.4, 0.5) is 0 Å². The van der Waals surface area contributed by atoms with Gasteiger partial charge in [0, 0.05) is 19.6 Å². The Kier molecular flexibility index (Phi) is 5.59. The molecule has 0 aliphatic carbocycles. The maximum Gasteiger partial charge on any atom is 0.324 e. The van der Waals surface area contributed by atoms with Gasteiger partial charge in [-0.3, -0.25) is 4.79 Å². The molecular weight excluding hydrogens is 294 g/mol. The van der Waals surface area contributed by atoms with Gasteiger partial charge in [0.25, 0.3) is 10.2 Å². The molecule has 0 aromatic rings. The van der Waals surface area contributed by atoms with Crippen molar-refractivity contribution < 1.29 is 17.9 Å². The minimum absolute atomic E-state index is 0.000282. The number of nitrogens with one attached hydrogen (secondary N) is 1. The summed E-state index contributed by atoms with van der Waals surface area (Å²) >= 11 is 0. The normalized spacial score (nSPS) is 25.4. The first-order valence-electron chi connectivity index (χ1n) is 7.60. The van der Waals surface area contributed by atoms with Gasteiger partial charge in [-0.05, 0) is 45.7 Å². The Morgan fingerprint density at radius 3 is 2.62 bits per heavy atom. The van der Waals surface area contributed by atoms with Gasteiger partial charge in [0.05, 0.1) is 6.61 Å². The first-order valence-corrected chi connectivity index (χ1v) is 9.00. The van der Waals surface area contributed by atoms with Gasteiger partial charge in [0.15, 0.2) is 0 Å². The standard InChI is InChI=1S/C13H25N3O4S/c1-3-20-13(17)12-5-4-10-16(12)21(18,19)15(2)11-6-8-14-9-7-11/h11-12,14H,3-10H2,1-2H3. The molecule has 0 radical (unpaired) electrons. The van der Waals surface area contributed by atoms with Crippen LogP contribution in [0.5, 0.6) is 0 Å². The van der Waals surface area contributed by atoms with Gasteiger partial charge < -0.3 is 10.1 Å². The van der Waals surface area contributed by atoms with Gasteiger partial charge in [-0.15, -0.1) is 0 Å². The molecule has 0 spiro atoms. The van der Waals surface area contributed by atoms with Crippen LogP contribution in [-0.2, 0) is 19.7 Å². The topological polar surface area (TPSA) is 79.0 Å². The highest BCUT2D eigenvalue weighted by Crippen LogP contribution is 2.26. The van der Waals surface area contributed by atoms with Crippen molar-refractivity contribution in [2.24, 2.45) is 0 Å². The van der Waals surface area contributed by atoms with Crippen LogP contribution >= 0.6 is 0 Å². The van der Waals surface area contributed by atoms with Crippen LogP contribution in [0.25, 0.3) is 0 Å². The van der Waals surface area contributed by atoms with Crippen molar-refractivity contribution in [2.75, 3.05) is 33.3 Å². The number of carbonyl (C=O) groups excluding carboxylic acids is 1. The SMILES string of the molecule is CCOC(=O)C1CCCN1S(=O)(=O)N(C)C1CCNCC1. The van der Waals surface area contributed by atoms with Crippen molar-refractivity contribution in [3.8, 4) is 0 Å². The average molecular weight is 319 g/mol. The van der Waals surface area contributed by atoms with E-state index in [9.17, 15) is 13.2 Å². The van der Waals surface area contributed by atoms with Crippen LogP contribution in [0.3, 0.4) is 0 Å². The zero-order chi connectivity index (χ0) is 15.5. The average Bonchev–Trinajstić information content (AvgIpc) is 2.98. The third-order valence-corrected chi connectivity index (χ3v) is 6.30. The number of ether oxygens (including phenoxy) is 1. The van der Waals surface area contributed by atoms with Crippen LogP contribution in [0.1, 0.15) is 32.6 Å². The maximum atomic E-state index is 12.8. The largest absolute Gasteiger partial charge is 0.465 e. The molecule has 0 aromatic heterocycles. The Hall–Kier alpha value is -0.700. The second-order valence-electron chi connectivity index (χ2n) is 5.53. The lowest BCUT2D eigenvalue weighted by molar-refractivity contribution is -0.146. The van der Waals surface area contributed by atoms with Crippen LogP contribution in [0.2, 0.25) is 0 Å². The van der Waals surface area contributed by atoms with Crippen LogP contribution in [0, 0.1) is 0 Å². The molecule has 2 rings (SSSR count). The molecule has 0 aromatic carbocycles. The molecule has 1 unspecified atom stereocenters. The molecule has 122 valence electrons. The maximum absolute atomic E-state index is 12.8. The summed E-state index contributed by atoms with van der Waals surface area (Å²) in [6.45, 7) is 4.04. The molecule has 0 bridgehead atoms. The fraction of sp³-hybridized carbons (Fsp3) is 0.923. The molecule has 2 fully saturated rings. The van der Waals surface area contributed by atoms with E-state index >= 15 is 0 Å². The number of nitrogens with zero attached hydrogens (tertiary/aromatic N) is 2. The molecule has 1 N–H and O–H groups in total. The van der Waals surface area contributed by atoms with E-state index < -0.39 is 22.2 Å². The summed E-state index contributed by atoms with van der Waals surface area (Å²) in [6, 6.07) is -0.668. The quantitative estimate of drug-likeness (QED) is 0.718. The van der Waals surface area contributed by atoms with Gasteiger partial charge in [-0.1, -0.05) is 0 Å². The Labute approximate surface area is 126 Å². The molecule has 7 nitrogen and oxygen atoms in total. The lowest BCUT2D eigenvalue weighted by atomic mass is 10.1. The van der Waals surface area contributed by atoms with E-state index in [1.54, 1.807) is 14.0 Å². The molecule has 0 amide bonds. The predicted octanol–water partition coefficient (Wildman–Crippen LogP) is -0.0575. The minimum atomic E-state index is -3.61. The highest BCUT2D eigenvalue weighted by atomic mass is 32.2. The van der Waals surface area contributed by atoms with Crippen molar-refractivity contribution in [2.45, 2.75) is 44.7 Å². The number of rotatable bonds is 5. The van der Waals surface area contributed by atoms with E-state index in [4.69, 9.17) is 4.74 Å². The molecule has 0 saturated carbocycles. The van der Waals surface area contributed by atoms with Crippen molar-refractivity contribution in [3.05, 3.63) is 0 Å². The van der Waals surface area contributed by atoms with Crippen LogP contribution in [-0.4, -0.2) is 68.4 Å². The van der Waals surface area contributed by atoms with Crippen molar-refractivity contribution in [1.82, 2.24) is 13.9 Å². The fourth-order valence-corrected chi connectivity index (χ4v) is 4.81. The van der Waals surface area contributed by atoms with Crippen LogP contribution in [0.15, 0.2) is 0 Å². The zero-order valence-corrected chi connectivity index (χ0v) is 13.6. The monoisotopic (exact) mass is 319 g/mol. The Morgan fingerprint density at radius 1 is 1.33 bits per heavy atom. The zero-order valence-electron chi connectivity index (χ0n) is 12.7. The van der Waals surface area contributed by atoms with Gasteiger partial charge in [-0.2, -0.15) is 17.0 Å². The molecule has 2 aliphatic heterocycles. The summed E-state index contributed by atoms with van der Waals surface area (Å²) in [4.78, 5) is 11.9. The van der Waals surface area contributed by atoms with Crippen molar-refractivity contribution in [1.29, 1.82) is 0 Å². The van der Waals surface area contributed by atoms with E-state index in [0.717, 1.165) is 25.9 Å². The number of carbonyl (C=O) groups is 1. The van der Waals surface area contributed by atoms with E-state index in [1.807, 2.05) is 0 Å². The molecule has 21 heavy (non-hydrogen) atoms. The fourth-order valence-electron chi connectivity index (χ4n) is 3.01. The lowest BCUT2D eigenvalue weighted by Crippen LogP contribution is -2.52. The summed E-state index contributed by atoms with van der Waals surface area (Å²) < 4.78 is 33.3. The number of hydrogen-bond acceptors (Lipinski definition) is 5. The number of piperidine rings is 1. The summed E-state index contributed by atoms with van der Waals surface area (Å²) in [5.74, 6) is -0.433. The number of hydrogen-bond donors (Lipinski definition) is 1. The minimum Gasteiger partial charge on any atom is -0.465 e. The lowest BCUT2D eigenvalue weighted by Gasteiger charge is -2.34. The molecule has 1 atom stereocenters. The second-order valence-corrected chi connectivity index (χ2v) is 7.47. The molecule has 2 saturated heterocycles. The predicted molar refractivity (Wildman–Crippen MR) is 78.9 cm³/mol. The van der Waals surface area contributed by atoms with E-state index in [-0.39, 0.29) is 12.6 Å². The molecule has 2 heterocycles. The first-order chi connectivity index (χ1) is 9.98. The third-order valence-electron chi connectivity index (χ3n) is 4.25. The van der Waals surface area contributed by atoms with Crippen LogP contribution < -0.4 is 5.32 Å². The summed E-state index contributed by atoms with van der Waals surface area (Å²) in [7, 11) is -2.00.